The summed E-state index contributed by atoms with van der Waals surface area (Å²) in [5.74, 6) is -2.20. The number of amides is 3. The van der Waals surface area contributed by atoms with Crippen molar-refractivity contribution in [3.8, 4) is 0 Å². The van der Waals surface area contributed by atoms with Crippen LogP contribution in [0.25, 0.3) is 10.8 Å². The lowest BCUT2D eigenvalue weighted by Gasteiger charge is -2.22. The highest BCUT2D eigenvalue weighted by atomic mass is 32.2. The van der Waals surface area contributed by atoms with Gasteiger partial charge in [-0.05, 0) is 69.0 Å². The van der Waals surface area contributed by atoms with Crippen molar-refractivity contribution in [1.82, 2.24) is 20.9 Å². The summed E-state index contributed by atoms with van der Waals surface area (Å²) in [6, 6.07) is 12.9. The van der Waals surface area contributed by atoms with Gasteiger partial charge >= 0.3 is 18.0 Å². The van der Waals surface area contributed by atoms with Crippen molar-refractivity contribution in [3.05, 3.63) is 88.0 Å². The van der Waals surface area contributed by atoms with E-state index in [4.69, 9.17) is 14.2 Å². The quantitative estimate of drug-likeness (QED) is 0.0184. The molecule has 0 fully saturated rings. The fourth-order valence-electron chi connectivity index (χ4n) is 6.03. The van der Waals surface area contributed by atoms with Gasteiger partial charge in [0.25, 0.3) is 11.8 Å². The molecular formula is C47H66N4O9S2Si. The molecule has 3 aromatic rings. The highest BCUT2D eigenvalue weighted by Crippen LogP contribution is 2.22. The third-order valence-electron chi connectivity index (χ3n) is 9.38. The summed E-state index contributed by atoms with van der Waals surface area (Å²) < 4.78 is 16.8. The number of nitrogens with one attached hydrogen (secondary N) is 3. The van der Waals surface area contributed by atoms with Gasteiger partial charge in [0.15, 0.2) is 5.12 Å². The Hall–Kier alpha value is -4.80. The molecule has 0 aliphatic rings. The maximum atomic E-state index is 14.2. The van der Waals surface area contributed by atoms with Gasteiger partial charge < -0.3 is 30.2 Å². The first-order valence-corrected chi connectivity index (χ1v) is 27.3. The number of thiazole rings is 1. The predicted molar refractivity (Wildman–Crippen MR) is 254 cm³/mol. The summed E-state index contributed by atoms with van der Waals surface area (Å²) in [6.07, 6.45) is 9.37. The smallest absolute Gasteiger partial charge is 0.408 e. The van der Waals surface area contributed by atoms with Crippen LogP contribution >= 0.6 is 23.1 Å². The van der Waals surface area contributed by atoms with Crippen LogP contribution in [0.1, 0.15) is 107 Å². The number of hydrogen-bond donors (Lipinski definition) is 3. The molecule has 1 heterocycles. The van der Waals surface area contributed by atoms with Gasteiger partial charge in [0.1, 0.15) is 34.1 Å². The summed E-state index contributed by atoms with van der Waals surface area (Å²) in [6.45, 7) is 15.8. The third kappa shape index (κ3) is 21.0. The lowest BCUT2D eigenvalue weighted by Crippen LogP contribution is -2.47. The second-order valence-corrected chi connectivity index (χ2v) is 25.0. The molecule has 13 nitrogen and oxygen atoms in total. The molecule has 0 aliphatic heterocycles. The number of carbonyl (C=O) groups is 6. The Bertz CT molecular complexity index is 2050. The Kier molecular flexibility index (Phi) is 22.3. The molecule has 63 heavy (non-hydrogen) atoms. The van der Waals surface area contributed by atoms with Crippen LogP contribution in [0.3, 0.4) is 0 Å². The molecule has 2 atom stereocenters. The van der Waals surface area contributed by atoms with E-state index in [1.54, 1.807) is 39.8 Å². The largest absolute Gasteiger partial charge is 0.466 e. The van der Waals surface area contributed by atoms with Gasteiger partial charge in [-0.2, -0.15) is 0 Å². The molecule has 0 saturated heterocycles. The zero-order chi connectivity index (χ0) is 46.4. The van der Waals surface area contributed by atoms with Crippen LogP contribution in [-0.4, -0.2) is 78.1 Å². The van der Waals surface area contributed by atoms with Crippen molar-refractivity contribution in [2.75, 3.05) is 12.4 Å². The van der Waals surface area contributed by atoms with Gasteiger partial charge in [-0.3, -0.25) is 19.2 Å². The lowest BCUT2D eigenvalue weighted by atomic mass is 9.98. The van der Waals surface area contributed by atoms with E-state index < -0.39 is 55.7 Å². The molecule has 344 valence electrons. The molecule has 3 amide bonds. The average molecular weight is 923 g/mol. The standard InChI is InChI=1S/C47H66N4O9S2Si/c1-9-11-12-13-14-25-42(53)61-27-18-17-23-35(30-41(52)58-26-28-63(6,7)8)59-45(56)38(29-34-22-19-21-33-20-15-16-24-36(33)34)51-43(54)37(10-2)50-44(55)39-32-62-40(49-39)31-48-46(57)60-47(3,4)5/h10,15-17,19-24,32,35,38H,9,11-14,18,25-31H2,1-8H3,(H,48,57)(H,50,55)(H,51,54)/b23-17+,37-10-/t35-,38+/m1/s1. The molecule has 1 aromatic heterocycles. The topological polar surface area (TPSA) is 179 Å². The van der Waals surface area contributed by atoms with Crippen molar-refractivity contribution >= 4 is 76.9 Å². The molecule has 0 unspecified atom stereocenters. The van der Waals surface area contributed by atoms with Gasteiger partial charge in [-0.25, -0.2) is 14.6 Å². The Morgan fingerprint density at radius 3 is 2.41 bits per heavy atom. The van der Waals surface area contributed by atoms with Crippen molar-refractivity contribution < 1.29 is 43.0 Å². The van der Waals surface area contributed by atoms with Crippen LogP contribution < -0.4 is 16.0 Å². The molecule has 0 aliphatic carbocycles. The first-order valence-electron chi connectivity index (χ1n) is 21.7. The van der Waals surface area contributed by atoms with E-state index in [1.165, 1.54) is 29.6 Å². The summed E-state index contributed by atoms with van der Waals surface area (Å²) in [5.41, 5.74) is -0.0221. The highest BCUT2D eigenvalue weighted by molar-refractivity contribution is 8.13. The zero-order valence-electron chi connectivity index (χ0n) is 38.1. The summed E-state index contributed by atoms with van der Waals surface area (Å²) >= 11 is 2.42. The minimum absolute atomic E-state index is 0.0244. The average Bonchev–Trinajstić information content (AvgIpc) is 3.70. The number of fused-ring (bicyclic) bond motifs is 1. The van der Waals surface area contributed by atoms with E-state index in [0.29, 0.717) is 23.6 Å². The number of rotatable bonds is 25. The Morgan fingerprint density at radius 1 is 0.968 bits per heavy atom. The van der Waals surface area contributed by atoms with Crippen LogP contribution in [0.2, 0.25) is 25.7 Å². The van der Waals surface area contributed by atoms with E-state index in [2.05, 4.69) is 47.5 Å². The summed E-state index contributed by atoms with van der Waals surface area (Å²) in [5, 5.41) is 11.9. The number of benzene rings is 2. The lowest BCUT2D eigenvalue weighted by molar-refractivity contribution is -0.155. The molecule has 3 N–H and O–H groups in total. The van der Waals surface area contributed by atoms with E-state index in [1.807, 2.05) is 42.5 Å². The minimum atomic E-state index is -1.49. The third-order valence-corrected chi connectivity index (χ3v) is 12.9. The number of carbonyl (C=O) groups excluding carboxylic acids is 6. The maximum Gasteiger partial charge on any atom is 0.408 e. The minimum Gasteiger partial charge on any atom is -0.466 e. The number of unbranched alkanes of at least 4 members (excludes halogenated alkanes) is 4. The van der Waals surface area contributed by atoms with E-state index in [0.717, 1.165) is 59.4 Å². The summed E-state index contributed by atoms with van der Waals surface area (Å²) in [7, 11) is -1.49. The van der Waals surface area contributed by atoms with Crippen molar-refractivity contribution in [1.29, 1.82) is 0 Å². The van der Waals surface area contributed by atoms with Crippen LogP contribution in [0.15, 0.2) is 71.8 Å². The van der Waals surface area contributed by atoms with Gasteiger partial charge in [0, 0.05) is 32.0 Å². The van der Waals surface area contributed by atoms with E-state index in [-0.39, 0.29) is 42.5 Å². The molecule has 0 bridgehead atoms. The van der Waals surface area contributed by atoms with Crippen LogP contribution in [0.5, 0.6) is 0 Å². The number of thioether (sulfide) groups is 1. The van der Waals surface area contributed by atoms with Gasteiger partial charge in [0.2, 0.25) is 0 Å². The molecule has 0 radical (unpaired) electrons. The molecular weight excluding hydrogens is 857 g/mol. The zero-order valence-corrected chi connectivity index (χ0v) is 40.8. The number of hydrogen-bond acceptors (Lipinski definition) is 12. The number of allylic oxidation sites excluding steroid dienone is 2. The van der Waals surface area contributed by atoms with E-state index in [9.17, 15) is 28.8 Å². The fourth-order valence-corrected chi connectivity index (χ4v) is 8.23. The number of ether oxygens (including phenoxy) is 3. The Morgan fingerprint density at radius 2 is 1.70 bits per heavy atom. The first-order chi connectivity index (χ1) is 29.9. The number of alkyl carbamates (subject to hydrolysis) is 1. The Labute approximate surface area is 382 Å². The number of nitrogens with zero attached hydrogens (tertiary/aromatic N) is 1. The van der Waals surface area contributed by atoms with Crippen molar-refractivity contribution in [3.63, 3.8) is 0 Å². The molecule has 16 heteroatoms. The van der Waals surface area contributed by atoms with Gasteiger partial charge in [-0.1, -0.05) is 119 Å². The predicted octanol–water partition coefficient (Wildman–Crippen LogP) is 9.43. The van der Waals surface area contributed by atoms with Crippen LogP contribution in [0, 0.1) is 0 Å². The highest BCUT2D eigenvalue weighted by Gasteiger charge is 2.29. The van der Waals surface area contributed by atoms with E-state index >= 15 is 0 Å². The van der Waals surface area contributed by atoms with Crippen LogP contribution in [-0.2, 0) is 46.4 Å². The number of esters is 2. The normalized spacial score (nSPS) is 13.0. The molecule has 0 saturated carbocycles. The second kappa shape index (κ2) is 26.7. The Balaban J connectivity index is 1.78. The maximum absolute atomic E-state index is 14.2. The van der Waals surface area contributed by atoms with Crippen LogP contribution in [0.4, 0.5) is 4.79 Å². The SMILES string of the molecule is C/C=C(\NC(=O)c1csc(CNC(=O)OC(C)(C)C)n1)C(=O)N[C@@H](Cc1cccc2ccccc12)C(=O)O[C@H](/C=C/CCSC(=O)CCCCCCC)CC(=O)OCC[Si](C)(C)C. The van der Waals surface area contributed by atoms with Gasteiger partial charge in [-0.15, -0.1) is 11.3 Å². The second-order valence-electron chi connectivity index (χ2n) is 17.3. The van der Waals surface area contributed by atoms with Crippen molar-refractivity contribution in [2.24, 2.45) is 0 Å². The van der Waals surface area contributed by atoms with Gasteiger partial charge in [0.05, 0.1) is 19.6 Å². The molecule has 0 spiro atoms. The first kappa shape index (κ1) is 52.5. The fraction of sp³-hybridized carbons (Fsp3) is 0.511. The molecule has 3 rings (SSSR count). The van der Waals surface area contributed by atoms with Crippen molar-refractivity contribution in [2.45, 2.75) is 142 Å². The summed E-state index contributed by atoms with van der Waals surface area (Å²) in [4.78, 5) is 83.3. The molecule has 2 aromatic carbocycles. The number of aromatic nitrogens is 1. The monoisotopic (exact) mass is 922 g/mol.